The SMILES string of the molecule is CC1CCCCC1.CCCCc1ccccc1. The minimum atomic E-state index is 1.04. The maximum Gasteiger partial charge on any atom is -0.0279 e. The van der Waals surface area contributed by atoms with Gasteiger partial charge in [-0.2, -0.15) is 0 Å². The average Bonchev–Trinajstić information content (AvgIpc) is 2.39. The van der Waals surface area contributed by atoms with Crippen LogP contribution in [0.2, 0.25) is 0 Å². The zero-order valence-corrected chi connectivity index (χ0v) is 11.6. The Morgan fingerprint density at radius 3 is 2.12 bits per heavy atom. The van der Waals surface area contributed by atoms with Gasteiger partial charge in [0.2, 0.25) is 0 Å². The van der Waals surface area contributed by atoms with Crippen LogP contribution in [0.1, 0.15) is 64.4 Å². The van der Waals surface area contributed by atoms with E-state index < -0.39 is 0 Å². The Labute approximate surface area is 107 Å². The van der Waals surface area contributed by atoms with E-state index in [0.717, 1.165) is 5.92 Å². The van der Waals surface area contributed by atoms with Crippen molar-refractivity contribution in [2.75, 3.05) is 0 Å². The molecule has 0 nitrogen and oxygen atoms in total. The Morgan fingerprint density at radius 2 is 1.65 bits per heavy atom. The van der Waals surface area contributed by atoms with Gasteiger partial charge in [0.1, 0.15) is 0 Å². The van der Waals surface area contributed by atoms with E-state index in [2.05, 4.69) is 44.2 Å². The highest BCUT2D eigenvalue weighted by molar-refractivity contribution is 5.14. The minimum absolute atomic E-state index is 1.04. The molecule has 0 unspecified atom stereocenters. The van der Waals surface area contributed by atoms with Crippen molar-refractivity contribution in [2.45, 2.75) is 65.2 Å². The predicted octanol–water partition coefficient (Wildman–Crippen LogP) is 5.62. The van der Waals surface area contributed by atoms with Crippen molar-refractivity contribution in [3.05, 3.63) is 35.9 Å². The minimum Gasteiger partial charge on any atom is -0.0654 e. The fourth-order valence-corrected chi connectivity index (χ4v) is 2.33. The van der Waals surface area contributed by atoms with E-state index in [1.54, 1.807) is 0 Å². The summed E-state index contributed by atoms with van der Waals surface area (Å²) in [5, 5.41) is 0. The molecule has 1 aliphatic rings. The molecule has 0 heterocycles. The van der Waals surface area contributed by atoms with Crippen LogP contribution in [0.25, 0.3) is 0 Å². The summed E-state index contributed by atoms with van der Waals surface area (Å²) in [5.41, 5.74) is 1.46. The standard InChI is InChI=1S/C10H14.C7H14/c1-2-3-7-10-8-5-4-6-9-10;1-7-5-3-2-4-6-7/h4-6,8-9H,2-3,7H2,1H3;7H,2-6H2,1H3. The molecule has 2 rings (SSSR count). The Bertz CT molecular complexity index is 257. The first-order valence-electron chi connectivity index (χ1n) is 7.37. The maximum absolute atomic E-state index is 2.36. The van der Waals surface area contributed by atoms with E-state index >= 15 is 0 Å². The van der Waals surface area contributed by atoms with Gasteiger partial charge in [-0.1, -0.05) is 82.7 Å². The van der Waals surface area contributed by atoms with Gasteiger partial charge in [0.25, 0.3) is 0 Å². The van der Waals surface area contributed by atoms with Crippen LogP contribution in [0.15, 0.2) is 30.3 Å². The molecule has 0 saturated heterocycles. The van der Waals surface area contributed by atoms with E-state index in [9.17, 15) is 0 Å². The van der Waals surface area contributed by atoms with Gasteiger partial charge < -0.3 is 0 Å². The molecule has 1 aromatic rings. The predicted molar refractivity (Wildman–Crippen MR) is 77.3 cm³/mol. The Hall–Kier alpha value is -0.780. The van der Waals surface area contributed by atoms with Gasteiger partial charge in [0.05, 0.1) is 0 Å². The van der Waals surface area contributed by atoms with E-state index in [-0.39, 0.29) is 0 Å². The first-order chi connectivity index (χ1) is 8.33. The molecule has 1 aromatic carbocycles. The quantitative estimate of drug-likeness (QED) is 0.635. The summed E-state index contributed by atoms with van der Waals surface area (Å²) < 4.78 is 0. The molecule has 0 bridgehead atoms. The number of benzene rings is 1. The van der Waals surface area contributed by atoms with Crippen LogP contribution >= 0.6 is 0 Å². The molecule has 0 heteroatoms. The van der Waals surface area contributed by atoms with E-state index in [0.29, 0.717) is 0 Å². The normalized spacial score (nSPS) is 16.1. The van der Waals surface area contributed by atoms with Gasteiger partial charge in [-0.3, -0.25) is 0 Å². The average molecular weight is 232 g/mol. The van der Waals surface area contributed by atoms with Crippen molar-refractivity contribution in [1.29, 1.82) is 0 Å². The lowest BCUT2D eigenvalue weighted by molar-refractivity contribution is 0.385. The van der Waals surface area contributed by atoms with Crippen LogP contribution in [0.5, 0.6) is 0 Å². The first-order valence-corrected chi connectivity index (χ1v) is 7.37. The molecular formula is C17H28. The van der Waals surface area contributed by atoms with Crippen molar-refractivity contribution < 1.29 is 0 Å². The molecule has 0 spiro atoms. The Morgan fingerprint density at radius 1 is 1.00 bits per heavy atom. The lowest BCUT2D eigenvalue weighted by Gasteiger charge is -2.15. The third-order valence-electron chi connectivity index (χ3n) is 3.56. The Kier molecular flexibility index (Phi) is 7.79. The maximum atomic E-state index is 2.36. The van der Waals surface area contributed by atoms with E-state index in [4.69, 9.17) is 0 Å². The molecule has 1 saturated carbocycles. The molecule has 1 aliphatic carbocycles. The molecule has 96 valence electrons. The first kappa shape index (κ1) is 14.3. The van der Waals surface area contributed by atoms with Gasteiger partial charge in [-0.15, -0.1) is 0 Å². The van der Waals surface area contributed by atoms with Gasteiger partial charge in [-0.25, -0.2) is 0 Å². The highest BCUT2D eigenvalue weighted by Crippen LogP contribution is 2.22. The summed E-state index contributed by atoms with van der Waals surface area (Å²) in [6.07, 6.45) is 11.3. The van der Waals surface area contributed by atoms with Crippen LogP contribution in [0.4, 0.5) is 0 Å². The highest BCUT2D eigenvalue weighted by Gasteiger charge is 2.05. The van der Waals surface area contributed by atoms with Gasteiger partial charge >= 0.3 is 0 Å². The van der Waals surface area contributed by atoms with Crippen molar-refractivity contribution >= 4 is 0 Å². The highest BCUT2D eigenvalue weighted by atomic mass is 14.1. The summed E-state index contributed by atoms with van der Waals surface area (Å²) >= 11 is 0. The second-order valence-electron chi connectivity index (χ2n) is 5.33. The molecule has 17 heavy (non-hydrogen) atoms. The second-order valence-corrected chi connectivity index (χ2v) is 5.33. The third kappa shape index (κ3) is 7.20. The second kappa shape index (κ2) is 9.27. The summed E-state index contributed by atoms with van der Waals surface area (Å²) in [6, 6.07) is 10.6. The fraction of sp³-hybridized carbons (Fsp3) is 0.647. The zero-order chi connectivity index (χ0) is 12.3. The smallest absolute Gasteiger partial charge is 0.0279 e. The number of aryl methyl sites for hydroxylation is 1. The number of unbranched alkanes of at least 4 members (excludes halogenated alkanes) is 1. The number of hydrogen-bond acceptors (Lipinski definition) is 0. The van der Waals surface area contributed by atoms with Crippen LogP contribution < -0.4 is 0 Å². The van der Waals surface area contributed by atoms with Crippen molar-refractivity contribution in [1.82, 2.24) is 0 Å². The van der Waals surface area contributed by atoms with Crippen molar-refractivity contribution in [3.63, 3.8) is 0 Å². The monoisotopic (exact) mass is 232 g/mol. The molecule has 0 radical (unpaired) electrons. The van der Waals surface area contributed by atoms with Crippen molar-refractivity contribution in [3.8, 4) is 0 Å². The largest absolute Gasteiger partial charge is 0.0654 e. The van der Waals surface area contributed by atoms with Gasteiger partial charge in [0, 0.05) is 0 Å². The molecule has 0 aromatic heterocycles. The summed E-state index contributed by atoms with van der Waals surface area (Å²) in [7, 11) is 0. The van der Waals surface area contributed by atoms with Crippen molar-refractivity contribution in [2.24, 2.45) is 5.92 Å². The summed E-state index contributed by atoms with van der Waals surface area (Å²) in [6.45, 7) is 4.59. The molecular weight excluding hydrogens is 204 g/mol. The van der Waals surface area contributed by atoms with Gasteiger partial charge in [-0.05, 0) is 24.3 Å². The Balaban J connectivity index is 0.000000181. The van der Waals surface area contributed by atoms with Crippen LogP contribution in [-0.2, 0) is 6.42 Å². The zero-order valence-electron chi connectivity index (χ0n) is 11.6. The lowest BCUT2D eigenvalue weighted by atomic mass is 9.91. The van der Waals surface area contributed by atoms with Gasteiger partial charge in [0.15, 0.2) is 0 Å². The lowest BCUT2D eigenvalue weighted by Crippen LogP contribution is -1.99. The number of rotatable bonds is 3. The molecule has 0 N–H and O–H groups in total. The topological polar surface area (TPSA) is 0 Å². The number of hydrogen-bond donors (Lipinski definition) is 0. The fourth-order valence-electron chi connectivity index (χ4n) is 2.33. The van der Waals surface area contributed by atoms with E-state index in [1.165, 1.54) is 56.9 Å². The van der Waals surface area contributed by atoms with E-state index in [1.807, 2.05) is 0 Å². The van der Waals surface area contributed by atoms with Crippen LogP contribution in [0.3, 0.4) is 0 Å². The summed E-state index contributed by atoms with van der Waals surface area (Å²) in [5.74, 6) is 1.04. The van der Waals surface area contributed by atoms with Crippen LogP contribution in [0, 0.1) is 5.92 Å². The molecule has 1 fully saturated rings. The molecule has 0 atom stereocenters. The summed E-state index contributed by atoms with van der Waals surface area (Å²) in [4.78, 5) is 0. The molecule has 0 aliphatic heterocycles. The van der Waals surface area contributed by atoms with Crippen LogP contribution in [-0.4, -0.2) is 0 Å². The molecule has 0 amide bonds. The third-order valence-corrected chi connectivity index (χ3v) is 3.56.